The molecule has 22 heavy (non-hydrogen) atoms. The summed E-state index contributed by atoms with van der Waals surface area (Å²) in [6.07, 6.45) is 4.46. The molecule has 1 heterocycles. The maximum atomic E-state index is 13.1. The van der Waals surface area contributed by atoms with Crippen molar-refractivity contribution < 1.29 is 4.39 Å². The highest BCUT2D eigenvalue weighted by Crippen LogP contribution is 2.25. The molecule has 0 N–H and O–H groups in total. The van der Waals surface area contributed by atoms with Crippen LogP contribution in [0.25, 0.3) is 11.1 Å². The molecule has 0 bridgehead atoms. The van der Waals surface area contributed by atoms with Crippen LogP contribution in [0.1, 0.15) is 11.3 Å². The lowest BCUT2D eigenvalue weighted by atomic mass is 9.99. The number of aromatic nitrogens is 2. The van der Waals surface area contributed by atoms with E-state index in [1.54, 1.807) is 0 Å². The smallest absolute Gasteiger partial charge is 0.123 e. The van der Waals surface area contributed by atoms with E-state index in [2.05, 4.69) is 21.7 Å². The number of hydrogen-bond acceptors (Lipinski definition) is 1. The van der Waals surface area contributed by atoms with Gasteiger partial charge in [0.2, 0.25) is 0 Å². The Balaban J connectivity index is 1.94. The highest BCUT2D eigenvalue weighted by Gasteiger charge is 2.08. The highest BCUT2D eigenvalue weighted by molar-refractivity contribution is 6.17. The number of nitrogens with zero attached hydrogens (tertiary/aromatic N) is 2. The van der Waals surface area contributed by atoms with Crippen LogP contribution in [-0.4, -0.2) is 15.4 Å². The van der Waals surface area contributed by atoms with Gasteiger partial charge >= 0.3 is 0 Å². The Hall–Kier alpha value is -2.13. The predicted molar refractivity (Wildman–Crippen MR) is 87.6 cm³/mol. The molecule has 0 saturated carbocycles. The fourth-order valence-electron chi connectivity index (χ4n) is 2.55. The lowest BCUT2D eigenvalue weighted by Crippen LogP contribution is -2.05. The van der Waals surface area contributed by atoms with Crippen molar-refractivity contribution in [2.45, 2.75) is 13.0 Å². The third-order valence-electron chi connectivity index (χ3n) is 3.66. The number of halogens is 2. The van der Waals surface area contributed by atoms with Gasteiger partial charge in [-0.05, 0) is 28.8 Å². The molecule has 0 atom stereocenters. The van der Waals surface area contributed by atoms with Crippen LogP contribution in [0.4, 0.5) is 4.39 Å². The molecular formula is C18H16ClFN2. The summed E-state index contributed by atoms with van der Waals surface area (Å²) in [4.78, 5) is 4.21. The quantitative estimate of drug-likeness (QED) is 0.633. The van der Waals surface area contributed by atoms with Crippen molar-refractivity contribution in [2.75, 3.05) is 5.88 Å². The summed E-state index contributed by atoms with van der Waals surface area (Å²) in [5.41, 5.74) is 4.40. The lowest BCUT2D eigenvalue weighted by molar-refractivity contribution is 0.628. The van der Waals surface area contributed by atoms with Crippen molar-refractivity contribution in [1.29, 1.82) is 0 Å². The maximum Gasteiger partial charge on any atom is 0.123 e. The molecule has 1 aromatic heterocycles. The number of imidazole rings is 1. The van der Waals surface area contributed by atoms with Gasteiger partial charge in [0, 0.05) is 30.7 Å². The second kappa shape index (κ2) is 6.75. The Bertz CT molecular complexity index is 750. The first-order valence-electron chi connectivity index (χ1n) is 7.17. The van der Waals surface area contributed by atoms with Crippen molar-refractivity contribution in [1.82, 2.24) is 9.55 Å². The molecule has 0 aliphatic carbocycles. The van der Waals surface area contributed by atoms with Gasteiger partial charge in [0.15, 0.2) is 0 Å². The van der Waals surface area contributed by atoms with Gasteiger partial charge in [-0.2, -0.15) is 0 Å². The average Bonchev–Trinajstić information content (AvgIpc) is 2.96. The molecule has 0 fully saturated rings. The monoisotopic (exact) mass is 314 g/mol. The van der Waals surface area contributed by atoms with E-state index in [4.69, 9.17) is 11.6 Å². The average molecular weight is 315 g/mol. The van der Waals surface area contributed by atoms with E-state index >= 15 is 0 Å². The minimum atomic E-state index is -0.222. The summed E-state index contributed by atoms with van der Waals surface area (Å²) < 4.78 is 15.2. The normalized spacial score (nSPS) is 10.8. The molecule has 0 aliphatic heterocycles. The molecule has 0 aliphatic rings. The molecule has 0 saturated heterocycles. The van der Waals surface area contributed by atoms with Crippen LogP contribution in [0.5, 0.6) is 0 Å². The standard InChI is InChI=1S/C18H16ClFN2/c19-10-9-17-11-21-13-22(17)12-15-3-1-2-4-18(15)14-5-7-16(20)8-6-14/h1-8,11,13H,9-10,12H2. The molecule has 3 rings (SSSR count). The van der Waals surface area contributed by atoms with Gasteiger partial charge in [-0.3, -0.25) is 0 Å². The van der Waals surface area contributed by atoms with E-state index in [0.29, 0.717) is 5.88 Å². The third kappa shape index (κ3) is 3.20. The number of aryl methyl sites for hydroxylation is 1. The summed E-state index contributed by atoms with van der Waals surface area (Å²) in [5.74, 6) is 0.353. The van der Waals surface area contributed by atoms with Crippen LogP contribution in [-0.2, 0) is 13.0 Å². The Morgan fingerprint density at radius 3 is 2.59 bits per heavy atom. The molecule has 2 aromatic carbocycles. The van der Waals surface area contributed by atoms with Gasteiger partial charge in [0.1, 0.15) is 5.82 Å². The summed E-state index contributed by atoms with van der Waals surface area (Å²) in [6, 6.07) is 14.7. The van der Waals surface area contributed by atoms with Crippen LogP contribution >= 0.6 is 11.6 Å². The first-order chi connectivity index (χ1) is 10.8. The fourth-order valence-corrected chi connectivity index (χ4v) is 2.74. The minimum absolute atomic E-state index is 0.222. The Labute approximate surface area is 134 Å². The number of benzene rings is 2. The maximum absolute atomic E-state index is 13.1. The Morgan fingerprint density at radius 2 is 1.82 bits per heavy atom. The van der Waals surface area contributed by atoms with E-state index < -0.39 is 0 Å². The number of rotatable bonds is 5. The Morgan fingerprint density at radius 1 is 1.05 bits per heavy atom. The zero-order valence-corrected chi connectivity index (χ0v) is 12.8. The van der Waals surface area contributed by atoms with Crippen molar-refractivity contribution in [2.24, 2.45) is 0 Å². The first-order valence-corrected chi connectivity index (χ1v) is 7.70. The minimum Gasteiger partial charge on any atom is -0.330 e. The second-order valence-electron chi connectivity index (χ2n) is 5.12. The van der Waals surface area contributed by atoms with E-state index in [9.17, 15) is 4.39 Å². The third-order valence-corrected chi connectivity index (χ3v) is 3.85. The molecule has 112 valence electrons. The van der Waals surface area contributed by atoms with Gasteiger partial charge in [-0.1, -0.05) is 36.4 Å². The molecule has 0 amide bonds. The van der Waals surface area contributed by atoms with E-state index in [1.807, 2.05) is 36.8 Å². The van der Waals surface area contributed by atoms with E-state index in [-0.39, 0.29) is 5.82 Å². The fraction of sp³-hybridized carbons (Fsp3) is 0.167. The van der Waals surface area contributed by atoms with E-state index in [0.717, 1.165) is 29.8 Å². The summed E-state index contributed by atoms with van der Waals surface area (Å²) >= 11 is 5.83. The Kier molecular flexibility index (Phi) is 4.54. The summed E-state index contributed by atoms with van der Waals surface area (Å²) in [5, 5.41) is 0. The van der Waals surface area contributed by atoms with Crippen molar-refractivity contribution in [3.05, 3.63) is 78.1 Å². The van der Waals surface area contributed by atoms with Crippen LogP contribution in [0.3, 0.4) is 0 Å². The molecular weight excluding hydrogens is 299 g/mol. The molecule has 4 heteroatoms. The van der Waals surface area contributed by atoms with Gasteiger partial charge < -0.3 is 4.57 Å². The predicted octanol–water partition coefficient (Wildman–Crippen LogP) is 4.52. The summed E-state index contributed by atoms with van der Waals surface area (Å²) in [6.45, 7) is 0.722. The van der Waals surface area contributed by atoms with Crippen LogP contribution in [0.2, 0.25) is 0 Å². The van der Waals surface area contributed by atoms with Crippen LogP contribution in [0, 0.1) is 5.82 Å². The van der Waals surface area contributed by atoms with Gasteiger partial charge in [-0.15, -0.1) is 11.6 Å². The van der Waals surface area contributed by atoms with Crippen LogP contribution < -0.4 is 0 Å². The second-order valence-corrected chi connectivity index (χ2v) is 5.49. The summed E-state index contributed by atoms with van der Waals surface area (Å²) in [7, 11) is 0. The molecule has 3 aromatic rings. The number of hydrogen-bond donors (Lipinski definition) is 0. The zero-order valence-electron chi connectivity index (χ0n) is 12.0. The molecule has 0 radical (unpaired) electrons. The van der Waals surface area contributed by atoms with Gasteiger partial charge in [0.05, 0.1) is 6.33 Å². The molecule has 0 unspecified atom stereocenters. The van der Waals surface area contributed by atoms with Crippen LogP contribution in [0.15, 0.2) is 61.1 Å². The van der Waals surface area contributed by atoms with Crippen molar-refractivity contribution >= 4 is 11.6 Å². The molecule has 2 nitrogen and oxygen atoms in total. The van der Waals surface area contributed by atoms with Gasteiger partial charge in [0.25, 0.3) is 0 Å². The largest absolute Gasteiger partial charge is 0.330 e. The van der Waals surface area contributed by atoms with E-state index in [1.165, 1.54) is 17.7 Å². The lowest BCUT2D eigenvalue weighted by Gasteiger charge is -2.12. The van der Waals surface area contributed by atoms with Gasteiger partial charge in [-0.25, -0.2) is 9.37 Å². The zero-order chi connectivity index (χ0) is 15.4. The number of alkyl halides is 1. The highest BCUT2D eigenvalue weighted by atomic mass is 35.5. The first kappa shape index (κ1) is 14.8. The van der Waals surface area contributed by atoms with Crippen molar-refractivity contribution in [3.8, 4) is 11.1 Å². The topological polar surface area (TPSA) is 17.8 Å². The SMILES string of the molecule is Fc1ccc(-c2ccccc2Cn2cncc2CCCl)cc1. The molecule has 0 spiro atoms. The van der Waals surface area contributed by atoms with Crippen molar-refractivity contribution in [3.63, 3.8) is 0 Å².